The van der Waals surface area contributed by atoms with Gasteiger partial charge in [-0.05, 0) is 54.6 Å². The maximum Gasteiger partial charge on any atom is 0.291 e. The SMILES string of the molecule is COc1ccc(-c2nc3cc(NC(=O)c4ccc(-c5ccccc5[N+](=O)[O-])o4)ccc3o2)cc1OC. The van der Waals surface area contributed by atoms with Crippen molar-refractivity contribution in [2.24, 2.45) is 0 Å². The Hall–Kier alpha value is -5.12. The number of methoxy groups -OCH3 is 2. The average molecular weight is 485 g/mol. The summed E-state index contributed by atoms with van der Waals surface area (Å²) in [6.45, 7) is 0. The van der Waals surface area contributed by atoms with Crippen molar-refractivity contribution in [1.82, 2.24) is 4.98 Å². The van der Waals surface area contributed by atoms with E-state index in [4.69, 9.17) is 18.3 Å². The fourth-order valence-electron chi connectivity index (χ4n) is 3.74. The quantitative estimate of drug-likeness (QED) is 0.222. The first-order valence-corrected chi connectivity index (χ1v) is 10.7. The van der Waals surface area contributed by atoms with Gasteiger partial charge in [-0.25, -0.2) is 4.98 Å². The summed E-state index contributed by atoms with van der Waals surface area (Å²) in [5.41, 5.74) is 2.43. The van der Waals surface area contributed by atoms with E-state index in [2.05, 4.69) is 10.3 Å². The second-order valence-corrected chi connectivity index (χ2v) is 7.66. The van der Waals surface area contributed by atoms with E-state index in [1.807, 2.05) is 0 Å². The largest absolute Gasteiger partial charge is 0.493 e. The number of ether oxygens (including phenoxy) is 2. The lowest BCUT2D eigenvalue weighted by Gasteiger charge is -2.07. The number of nitrogens with one attached hydrogen (secondary N) is 1. The molecule has 3 aromatic carbocycles. The summed E-state index contributed by atoms with van der Waals surface area (Å²) in [6, 6.07) is 19.5. The van der Waals surface area contributed by atoms with E-state index in [9.17, 15) is 14.9 Å². The van der Waals surface area contributed by atoms with Crippen molar-refractivity contribution in [3.05, 3.63) is 88.7 Å². The number of amides is 1. The van der Waals surface area contributed by atoms with Crippen molar-refractivity contribution in [1.29, 1.82) is 0 Å². The predicted molar refractivity (Wildman–Crippen MR) is 131 cm³/mol. The number of carbonyl (C=O) groups is 1. The highest BCUT2D eigenvalue weighted by Crippen LogP contribution is 2.34. The molecule has 0 spiro atoms. The normalized spacial score (nSPS) is 10.8. The Bertz CT molecular complexity index is 1600. The lowest BCUT2D eigenvalue weighted by Crippen LogP contribution is -2.10. The minimum absolute atomic E-state index is 0.00872. The highest BCUT2D eigenvalue weighted by atomic mass is 16.6. The molecule has 0 aliphatic rings. The molecule has 0 aliphatic heterocycles. The van der Waals surface area contributed by atoms with Crippen LogP contribution in [0.5, 0.6) is 11.5 Å². The van der Waals surface area contributed by atoms with Gasteiger partial charge in [0.05, 0.1) is 24.7 Å². The first-order valence-electron chi connectivity index (χ1n) is 10.7. The van der Waals surface area contributed by atoms with Crippen molar-refractivity contribution >= 4 is 28.4 Å². The summed E-state index contributed by atoms with van der Waals surface area (Å²) in [4.78, 5) is 28.1. The summed E-state index contributed by atoms with van der Waals surface area (Å²) in [5.74, 6) is 1.24. The van der Waals surface area contributed by atoms with Gasteiger partial charge in [0.2, 0.25) is 5.89 Å². The van der Waals surface area contributed by atoms with Crippen molar-refractivity contribution < 1.29 is 28.0 Å². The Labute approximate surface area is 204 Å². The molecule has 180 valence electrons. The van der Waals surface area contributed by atoms with Gasteiger partial charge in [-0.3, -0.25) is 14.9 Å². The lowest BCUT2D eigenvalue weighted by atomic mass is 10.1. The number of fused-ring (bicyclic) bond motifs is 1. The first kappa shape index (κ1) is 22.7. The molecule has 0 saturated heterocycles. The smallest absolute Gasteiger partial charge is 0.291 e. The highest BCUT2D eigenvalue weighted by molar-refractivity contribution is 6.03. The van der Waals surface area contributed by atoms with Crippen LogP contribution in [0.3, 0.4) is 0 Å². The summed E-state index contributed by atoms with van der Waals surface area (Å²) in [6.07, 6.45) is 0. The lowest BCUT2D eigenvalue weighted by molar-refractivity contribution is -0.384. The fraction of sp³-hybridized carbons (Fsp3) is 0.0769. The molecule has 5 rings (SSSR count). The van der Waals surface area contributed by atoms with Gasteiger partial charge < -0.3 is 23.6 Å². The topological polar surface area (TPSA) is 130 Å². The van der Waals surface area contributed by atoms with Gasteiger partial charge in [0.25, 0.3) is 11.6 Å². The van der Waals surface area contributed by atoms with E-state index in [0.717, 1.165) is 0 Å². The summed E-state index contributed by atoms with van der Waals surface area (Å²) >= 11 is 0. The van der Waals surface area contributed by atoms with E-state index >= 15 is 0 Å². The number of rotatable bonds is 7. The number of oxazole rings is 1. The minimum atomic E-state index is -0.511. The molecule has 10 heteroatoms. The Balaban J connectivity index is 1.37. The number of carbonyl (C=O) groups excluding carboxylic acids is 1. The first-order chi connectivity index (χ1) is 17.5. The van der Waals surface area contributed by atoms with Crippen LogP contribution < -0.4 is 14.8 Å². The van der Waals surface area contributed by atoms with E-state index in [1.54, 1.807) is 68.8 Å². The summed E-state index contributed by atoms with van der Waals surface area (Å²) in [7, 11) is 3.10. The summed E-state index contributed by atoms with van der Waals surface area (Å²) in [5, 5.41) is 14.0. The van der Waals surface area contributed by atoms with Crippen LogP contribution in [-0.4, -0.2) is 30.0 Å². The molecule has 1 amide bonds. The minimum Gasteiger partial charge on any atom is -0.493 e. The van der Waals surface area contributed by atoms with Gasteiger partial charge in [-0.2, -0.15) is 0 Å². The molecule has 36 heavy (non-hydrogen) atoms. The summed E-state index contributed by atoms with van der Waals surface area (Å²) < 4.78 is 22.1. The third-order valence-electron chi connectivity index (χ3n) is 5.47. The number of aromatic nitrogens is 1. The number of anilines is 1. The van der Waals surface area contributed by atoms with Crippen LogP contribution in [0.2, 0.25) is 0 Å². The third kappa shape index (κ3) is 4.23. The molecule has 0 radical (unpaired) electrons. The molecular formula is C26H19N3O7. The number of nitro groups is 1. The Morgan fingerprint density at radius 1 is 0.944 bits per heavy atom. The molecule has 0 fully saturated rings. The Morgan fingerprint density at radius 2 is 1.75 bits per heavy atom. The molecular weight excluding hydrogens is 466 g/mol. The second kappa shape index (κ2) is 9.26. The highest BCUT2D eigenvalue weighted by Gasteiger charge is 2.20. The number of nitro benzene ring substituents is 1. The van der Waals surface area contributed by atoms with Crippen LogP contribution >= 0.6 is 0 Å². The number of hydrogen-bond donors (Lipinski definition) is 1. The standard InChI is InChI=1S/C26H19N3O7/c1-33-22-9-7-15(13-24(22)34-2)26-28-18-14-16(8-10-21(18)36-26)27-25(30)23-12-11-20(35-23)17-5-3-4-6-19(17)29(31)32/h3-14H,1-2H3,(H,27,30). The maximum atomic E-state index is 12.8. The molecule has 2 aromatic heterocycles. The van der Waals surface area contributed by atoms with Crippen LogP contribution in [0.4, 0.5) is 11.4 Å². The zero-order valence-electron chi connectivity index (χ0n) is 19.2. The van der Waals surface area contributed by atoms with E-state index in [-0.39, 0.29) is 22.8 Å². The zero-order chi connectivity index (χ0) is 25.2. The molecule has 2 heterocycles. The van der Waals surface area contributed by atoms with Crippen LogP contribution in [0.25, 0.3) is 33.9 Å². The molecule has 1 N–H and O–H groups in total. The van der Waals surface area contributed by atoms with Crippen LogP contribution in [0.1, 0.15) is 10.6 Å². The maximum absolute atomic E-state index is 12.8. The molecule has 0 saturated carbocycles. The van der Waals surface area contributed by atoms with E-state index < -0.39 is 10.8 Å². The van der Waals surface area contributed by atoms with Crippen LogP contribution in [0.15, 0.2) is 81.6 Å². The van der Waals surface area contributed by atoms with Gasteiger partial charge >= 0.3 is 0 Å². The van der Waals surface area contributed by atoms with Crippen LogP contribution in [-0.2, 0) is 0 Å². The number of benzene rings is 3. The number of furan rings is 1. The molecule has 0 unspecified atom stereocenters. The Kier molecular flexibility index (Phi) is 5.83. The molecule has 0 bridgehead atoms. The molecule has 5 aromatic rings. The van der Waals surface area contributed by atoms with E-state index in [0.29, 0.717) is 39.7 Å². The average Bonchev–Trinajstić information content (AvgIpc) is 3.56. The van der Waals surface area contributed by atoms with Gasteiger partial charge in [0.1, 0.15) is 11.3 Å². The van der Waals surface area contributed by atoms with Gasteiger partial charge in [-0.1, -0.05) is 12.1 Å². The van der Waals surface area contributed by atoms with E-state index in [1.165, 1.54) is 18.2 Å². The second-order valence-electron chi connectivity index (χ2n) is 7.66. The molecule has 10 nitrogen and oxygen atoms in total. The van der Waals surface area contributed by atoms with Gasteiger partial charge in [0.15, 0.2) is 22.8 Å². The third-order valence-corrected chi connectivity index (χ3v) is 5.47. The molecule has 0 atom stereocenters. The van der Waals surface area contributed by atoms with Crippen molar-refractivity contribution in [3.63, 3.8) is 0 Å². The monoisotopic (exact) mass is 485 g/mol. The fourth-order valence-corrected chi connectivity index (χ4v) is 3.74. The van der Waals surface area contributed by atoms with Crippen LogP contribution in [0, 0.1) is 10.1 Å². The molecule has 0 aliphatic carbocycles. The number of para-hydroxylation sites is 1. The van der Waals surface area contributed by atoms with Crippen molar-refractivity contribution in [3.8, 4) is 34.3 Å². The predicted octanol–water partition coefficient (Wildman–Crippen LogP) is 5.93. The van der Waals surface area contributed by atoms with Crippen molar-refractivity contribution in [2.75, 3.05) is 19.5 Å². The Morgan fingerprint density at radius 3 is 2.53 bits per heavy atom. The van der Waals surface area contributed by atoms with Gasteiger partial charge in [0, 0.05) is 17.3 Å². The number of nitrogens with zero attached hydrogens (tertiary/aromatic N) is 2. The number of hydrogen-bond acceptors (Lipinski definition) is 8. The van der Waals surface area contributed by atoms with Gasteiger partial charge in [-0.15, -0.1) is 0 Å². The van der Waals surface area contributed by atoms with Crippen molar-refractivity contribution in [2.45, 2.75) is 0 Å². The zero-order valence-corrected chi connectivity index (χ0v) is 19.2.